The van der Waals surface area contributed by atoms with Crippen LogP contribution in [0.25, 0.3) is 0 Å². The maximum atomic E-state index is 5.36. The Kier molecular flexibility index (Phi) is 3.29. The Morgan fingerprint density at radius 1 is 1.73 bits per heavy atom. The first-order valence-corrected chi connectivity index (χ1v) is 5.43. The van der Waals surface area contributed by atoms with Crippen LogP contribution in [-0.2, 0) is 12.8 Å². The first-order chi connectivity index (χ1) is 5.27. The van der Waals surface area contributed by atoms with Crippen molar-refractivity contribution in [2.75, 3.05) is 6.26 Å². The third-order valence-corrected chi connectivity index (χ3v) is 2.33. The number of hydrogen-bond acceptors (Lipinski definition) is 4. The Balaban J connectivity index is 2.79. The highest BCUT2D eigenvalue weighted by Crippen LogP contribution is 2.13. The second kappa shape index (κ2) is 4.04. The van der Waals surface area contributed by atoms with E-state index in [4.69, 9.17) is 5.14 Å². The molecule has 0 saturated heterocycles. The molecule has 11 heavy (non-hydrogen) atoms. The number of nitrogens with zero attached hydrogens (tertiary/aromatic N) is 2. The Hall–Kier alpha value is -0.130. The molecule has 1 heterocycles. The lowest BCUT2D eigenvalue weighted by atomic mass is 10.7. The highest BCUT2D eigenvalue weighted by Gasteiger charge is 2.02. The Bertz CT molecular complexity index is 234. The summed E-state index contributed by atoms with van der Waals surface area (Å²) in [7, 11) is 1.98. The van der Waals surface area contributed by atoms with E-state index in [1.807, 2.05) is 17.8 Å². The van der Waals surface area contributed by atoms with E-state index in [2.05, 4.69) is 11.2 Å². The fourth-order valence-electron chi connectivity index (χ4n) is 0.795. The monoisotopic (exact) mass is 189 g/mol. The minimum Gasteiger partial charge on any atom is -0.336 e. The minimum absolute atomic E-state index is 0.886. The molecule has 1 aromatic heterocycles. The molecule has 0 aromatic carbocycles. The second-order valence-electron chi connectivity index (χ2n) is 2.16. The Morgan fingerprint density at radius 3 is 2.91 bits per heavy atom. The van der Waals surface area contributed by atoms with Crippen LogP contribution in [0.5, 0.6) is 0 Å². The van der Waals surface area contributed by atoms with E-state index in [1.54, 1.807) is 11.8 Å². The highest BCUT2D eigenvalue weighted by atomic mass is 32.2. The first kappa shape index (κ1) is 8.96. The topological polar surface area (TPSA) is 43.8 Å². The van der Waals surface area contributed by atoms with Crippen molar-refractivity contribution in [3.63, 3.8) is 0 Å². The SMILES string of the molecule is CSCc1nc(SN)cn1C. The maximum absolute atomic E-state index is 5.36. The van der Waals surface area contributed by atoms with E-state index < -0.39 is 0 Å². The summed E-state index contributed by atoms with van der Waals surface area (Å²) in [6.45, 7) is 0. The van der Waals surface area contributed by atoms with Gasteiger partial charge in [0.1, 0.15) is 10.9 Å². The summed E-state index contributed by atoms with van der Waals surface area (Å²) in [5.41, 5.74) is 0. The number of rotatable bonds is 3. The molecule has 0 fully saturated rings. The third-order valence-electron chi connectivity index (χ3n) is 1.34. The van der Waals surface area contributed by atoms with E-state index in [1.165, 1.54) is 11.9 Å². The zero-order valence-corrected chi connectivity index (χ0v) is 8.21. The van der Waals surface area contributed by atoms with Crippen molar-refractivity contribution in [2.24, 2.45) is 12.2 Å². The molecule has 0 bridgehead atoms. The summed E-state index contributed by atoms with van der Waals surface area (Å²) < 4.78 is 2.01. The fourth-order valence-corrected chi connectivity index (χ4v) is 1.70. The molecule has 5 heteroatoms. The van der Waals surface area contributed by atoms with Gasteiger partial charge in [0.25, 0.3) is 0 Å². The largest absolute Gasteiger partial charge is 0.336 e. The maximum Gasteiger partial charge on any atom is 0.129 e. The molecule has 3 nitrogen and oxygen atoms in total. The lowest BCUT2D eigenvalue weighted by Crippen LogP contribution is -1.93. The van der Waals surface area contributed by atoms with Crippen molar-refractivity contribution in [3.05, 3.63) is 12.0 Å². The molecule has 0 spiro atoms. The van der Waals surface area contributed by atoms with E-state index in [9.17, 15) is 0 Å². The molecular formula is C6H11N3S2. The highest BCUT2D eigenvalue weighted by molar-refractivity contribution is 7.97. The molecule has 0 unspecified atom stereocenters. The molecule has 0 radical (unpaired) electrons. The molecule has 2 N–H and O–H groups in total. The number of nitrogens with two attached hydrogens (primary N) is 1. The van der Waals surface area contributed by atoms with Crippen molar-refractivity contribution < 1.29 is 0 Å². The summed E-state index contributed by atoms with van der Waals surface area (Å²) in [6.07, 6.45) is 4.00. The fraction of sp³-hybridized carbons (Fsp3) is 0.500. The van der Waals surface area contributed by atoms with Crippen LogP contribution in [0.4, 0.5) is 0 Å². The van der Waals surface area contributed by atoms with Crippen molar-refractivity contribution in [2.45, 2.75) is 10.8 Å². The molecule has 0 saturated carbocycles. The van der Waals surface area contributed by atoms with Gasteiger partial charge in [-0.1, -0.05) is 0 Å². The van der Waals surface area contributed by atoms with Gasteiger partial charge in [-0.2, -0.15) is 11.8 Å². The van der Waals surface area contributed by atoms with E-state index >= 15 is 0 Å². The molecule has 0 atom stereocenters. The van der Waals surface area contributed by atoms with Crippen molar-refractivity contribution in [3.8, 4) is 0 Å². The third kappa shape index (κ3) is 2.15. The molecule has 0 aliphatic rings. The van der Waals surface area contributed by atoms with Crippen LogP contribution in [-0.4, -0.2) is 15.8 Å². The van der Waals surface area contributed by atoms with Gasteiger partial charge in [-0.3, -0.25) is 5.14 Å². The van der Waals surface area contributed by atoms with Crippen LogP contribution in [0.15, 0.2) is 11.2 Å². The van der Waals surface area contributed by atoms with Gasteiger partial charge in [0.2, 0.25) is 0 Å². The van der Waals surface area contributed by atoms with Crippen LogP contribution in [0, 0.1) is 0 Å². The van der Waals surface area contributed by atoms with Crippen LogP contribution in [0.3, 0.4) is 0 Å². The zero-order valence-electron chi connectivity index (χ0n) is 6.57. The lowest BCUT2D eigenvalue weighted by Gasteiger charge is -1.95. The number of hydrogen-bond donors (Lipinski definition) is 1. The average Bonchev–Trinajstić information content (AvgIpc) is 2.33. The van der Waals surface area contributed by atoms with Crippen LogP contribution in [0.2, 0.25) is 0 Å². The van der Waals surface area contributed by atoms with E-state index in [0.717, 1.165) is 16.6 Å². The normalized spacial score (nSPS) is 10.5. The predicted octanol–water partition coefficient (Wildman–Crippen LogP) is 1.25. The van der Waals surface area contributed by atoms with Crippen molar-refractivity contribution >= 4 is 23.7 Å². The Morgan fingerprint density at radius 2 is 2.45 bits per heavy atom. The summed E-state index contributed by atoms with van der Waals surface area (Å²) in [4.78, 5) is 4.30. The molecule has 0 aliphatic heterocycles. The van der Waals surface area contributed by atoms with Crippen molar-refractivity contribution in [1.29, 1.82) is 0 Å². The van der Waals surface area contributed by atoms with Gasteiger partial charge in [-0.05, 0) is 18.2 Å². The molecule has 0 amide bonds. The quantitative estimate of drug-likeness (QED) is 0.727. The van der Waals surface area contributed by atoms with Gasteiger partial charge in [-0.25, -0.2) is 4.98 Å². The average molecular weight is 189 g/mol. The number of aromatic nitrogens is 2. The molecule has 1 aromatic rings. The zero-order chi connectivity index (χ0) is 8.27. The second-order valence-corrected chi connectivity index (χ2v) is 3.68. The van der Waals surface area contributed by atoms with Gasteiger partial charge in [-0.15, -0.1) is 0 Å². The molecular weight excluding hydrogens is 178 g/mol. The van der Waals surface area contributed by atoms with Crippen molar-refractivity contribution in [1.82, 2.24) is 9.55 Å². The molecule has 62 valence electrons. The van der Waals surface area contributed by atoms with Crippen LogP contribution >= 0.6 is 23.7 Å². The smallest absolute Gasteiger partial charge is 0.129 e. The van der Waals surface area contributed by atoms with Gasteiger partial charge in [0.05, 0.1) is 5.75 Å². The number of thioether (sulfide) groups is 1. The van der Waals surface area contributed by atoms with Gasteiger partial charge >= 0.3 is 0 Å². The predicted molar refractivity (Wildman–Crippen MR) is 50.5 cm³/mol. The first-order valence-electron chi connectivity index (χ1n) is 3.16. The molecule has 0 aliphatic carbocycles. The number of imidazole rings is 1. The van der Waals surface area contributed by atoms with Gasteiger partial charge < -0.3 is 4.57 Å². The summed E-state index contributed by atoms with van der Waals surface area (Å²) in [5, 5.41) is 6.25. The number of aryl methyl sites for hydroxylation is 1. The Labute approximate surface area is 74.9 Å². The van der Waals surface area contributed by atoms with Crippen LogP contribution in [0.1, 0.15) is 5.82 Å². The summed E-state index contributed by atoms with van der Waals surface area (Å²) >= 11 is 2.95. The van der Waals surface area contributed by atoms with E-state index in [-0.39, 0.29) is 0 Å². The van der Waals surface area contributed by atoms with Gasteiger partial charge in [0, 0.05) is 13.2 Å². The standard InChI is InChI=1S/C6H11N3S2/c1-9-3-6(11-7)8-5(9)4-10-2/h3H,4,7H2,1-2H3. The summed E-state index contributed by atoms with van der Waals surface area (Å²) in [5.74, 6) is 2.02. The summed E-state index contributed by atoms with van der Waals surface area (Å²) in [6, 6.07) is 0. The van der Waals surface area contributed by atoms with Crippen LogP contribution < -0.4 is 5.14 Å². The lowest BCUT2D eigenvalue weighted by molar-refractivity contribution is 0.850. The molecule has 1 rings (SSSR count). The van der Waals surface area contributed by atoms with E-state index in [0.29, 0.717) is 0 Å². The van der Waals surface area contributed by atoms with Gasteiger partial charge in [0.15, 0.2) is 0 Å². The minimum atomic E-state index is 0.886.